The number of nitrogens with zero attached hydrogens (tertiary/aromatic N) is 1. The fourth-order valence-electron chi connectivity index (χ4n) is 2.98. The Morgan fingerprint density at radius 3 is 2.77 bits per heavy atom. The molecule has 2 aromatic rings. The minimum absolute atomic E-state index is 0.0290. The molecule has 0 radical (unpaired) electrons. The average molecular weight is 433 g/mol. The largest absolute Gasteiger partial charge is 0.454 e. The fourth-order valence-corrected chi connectivity index (χ4v) is 3.34. The van der Waals surface area contributed by atoms with Crippen LogP contribution < -0.4 is 5.32 Å². The Kier molecular flexibility index (Phi) is 5.38. The van der Waals surface area contributed by atoms with Crippen LogP contribution in [0, 0.1) is 0 Å². The van der Waals surface area contributed by atoms with E-state index in [1.165, 1.54) is 10.6 Å². The van der Waals surface area contributed by atoms with Gasteiger partial charge in [-0.1, -0.05) is 15.9 Å². The first kappa shape index (κ1) is 18.9. The highest BCUT2D eigenvalue weighted by Gasteiger charge is 2.41. The van der Waals surface area contributed by atoms with Crippen molar-refractivity contribution in [2.24, 2.45) is 0 Å². The van der Waals surface area contributed by atoms with Crippen molar-refractivity contribution in [3.63, 3.8) is 0 Å². The molecule has 1 aliphatic rings. The van der Waals surface area contributed by atoms with E-state index in [4.69, 9.17) is 4.74 Å². The zero-order valence-electron chi connectivity index (χ0n) is 13.6. The molecule has 140 valence electrons. The topological polar surface area (TPSA) is 60.3 Å². The van der Waals surface area contributed by atoms with Crippen LogP contribution in [-0.2, 0) is 16.1 Å². The summed E-state index contributed by atoms with van der Waals surface area (Å²) in [6.45, 7) is 0.842. The molecule has 26 heavy (non-hydrogen) atoms. The van der Waals surface area contributed by atoms with Crippen LogP contribution in [0.25, 0.3) is 10.9 Å². The Hall–Kier alpha value is -1.87. The van der Waals surface area contributed by atoms with Crippen molar-refractivity contribution >= 4 is 38.5 Å². The van der Waals surface area contributed by atoms with Gasteiger partial charge in [-0.2, -0.15) is 13.2 Å². The summed E-state index contributed by atoms with van der Waals surface area (Å²) in [5.74, 6) is -2.29. The third-order valence-corrected chi connectivity index (χ3v) is 4.70. The van der Waals surface area contributed by atoms with Gasteiger partial charge in [0.1, 0.15) is 6.54 Å². The summed E-state index contributed by atoms with van der Waals surface area (Å²) >= 11 is 3.19. The normalized spacial score (nSPS) is 17.6. The first-order valence-corrected chi connectivity index (χ1v) is 8.83. The number of hydrogen-bond acceptors (Lipinski definition) is 3. The monoisotopic (exact) mass is 432 g/mol. The van der Waals surface area contributed by atoms with E-state index in [-0.39, 0.29) is 23.9 Å². The average Bonchev–Trinajstić information content (AvgIpc) is 3.19. The molecule has 0 spiro atoms. The zero-order valence-corrected chi connectivity index (χ0v) is 15.2. The lowest BCUT2D eigenvalue weighted by Gasteiger charge is -2.11. The van der Waals surface area contributed by atoms with Gasteiger partial charge in [-0.05, 0) is 31.0 Å². The molecule has 5 nitrogen and oxygen atoms in total. The number of rotatable bonds is 5. The molecule has 1 aromatic heterocycles. The second-order valence-corrected chi connectivity index (χ2v) is 7.01. The predicted molar refractivity (Wildman–Crippen MR) is 92.0 cm³/mol. The maximum atomic E-state index is 12.9. The third-order valence-electron chi connectivity index (χ3n) is 4.21. The Balaban J connectivity index is 1.83. The van der Waals surface area contributed by atoms with Crippen LogP contribution in [0.2, 0.25) is 0 Å². The van der Waals surface area contributed by atoms with E-state index < -0.39 is 17.5 Å². The van der Waals surface area contributed by atoms with Gasteiger partial charge in [-0.3, -0.25) is 9.59 Å². The molecular formula is C17H16BrF3N2O3. The maximum absolute atomic E-state index is 12.9. The Labute approximate surface area is 155 Å². The Morgan fingerprint density at radius 1 is 1.35 bits per heavy atom. The van der Waals surface area contributed by atoms with Crippen molar-refractivity contribution in [2.45, 2.75) is 31.7 Å². The molecule has 9 heteroatoms. The molecule has 1 atom stereocenters. The van der Waals surface area contributed by atoms with E-state index in [0.717, 1.165) is 19.0 Å². The lowest BCUT2D eigenvalue weighted by atomic mass is 10.1. The maximum Gasteiger partial charge on any atom is 0.454 e. The first-order chi connectivity index (χ1) is 12.3. The number of ketones is 1. The first-order valence-electron chi connectivity index (χ1n) is 8.04. The zero-order chi connectivity index (χ0) is 18.9. The van der Waals surface area contributed by atoms with Crippen LogP contribution in [0.15, 0.2) is 28.9 Å². The van der Waals surface area contributed by atoms with Crippen LogP contribution in [0.5, 0.6) is 0 Å². The Morgan fingerprint density at radius 2 is 2.12 bits per heavy atom. The highest BCUT2D eigenvalue weighted by Crippen LogP contribution is 2.30. The molecule has 1 N–H and O–H groups in total. The van der Waals surface area contributed by atoms with Crippen LogP contribution in [0.1, 0.15) is 23.2 Å². The second-order valence-electron chi connectivity index (χ2n) is 6.10. The van der Waals surface area contributed by atoms with Crippen molar-refractivity contribution in [2.75, 3.05) is 13.2 Å². The molecule has 3 rings (SSSR count). The molecule has 2 heterocycles. The molecule has 0 bridgehead atoms. The van der Waals surface area contributed by atoms with Crippen molar-refractivity contribution in [1.82, 2.24) is 9.88 Å². The smallest absolute Gasteiger partial charge is 0.376 e. The van der Waals surface area contributed by atoms with Crippen LogP contribution >= 0.6 is 15.9 Å². The fraction of sp³-hybridized carbons (Fsp3) is 0.412. The quantitative estimate of drug-likeness (QED) is 0.736. The summed E-state index contributed by atoms with van der Waals surface area (Å²) in [5.41, 5.74) is -0.0891. The highest BCUT2D eigenvalue weighted by molar-refractivity contribution is 9.10. The number of amides is 1. The molecule has 1 aliphatic heterocycles. The molecule has 0 saturated carbocycles. The van der Waals surface area contributed by atoms with Crippen LogP contribution in [0.3, 0.4) is 0 Å². The van der Waals surface area contributed by atoms with E-state index >= 15 is 0 Å². The summed E-state index contributed by atoms with van der Waals surface area (Å²) in [6, 6.07) is 4.65. The SMILES string of the molecule is O=C(Cn1cc(C(=O)C(F)(F)F)c2cc(Br)ccc21)NCC1CCCO1. The second kappa shape index (κ2) is 7.40. The van der Waals surface area contributed by atoms with E-state index in [2.05, 4.69) is 21.2 Å². The highest BCUT2D eigenvalue weighted by atomic mass is 79.9. The minimum atomic E-state index is -4.98. The van der Waals surface area contributed by atoms with Gasteiger partial charge >= 0.3 is 6.18 Å². The number of nitrogens with one attached hydrogen (secondary N) is 1. The van der Waals surface area contributed by atoms with Gasteiger partial charge in [0.15, 0.2) is 0 Å². The number of carbonyl (C=O) groups is 2. The van der Waals surface area contributed by atoms with Crippen molar-refractivity contribution in [1.29, 1.82) is 0 Å². The van der Waals surface area contributed by atoms with E-state index in [1.54, 1.807) is 12.1 Å². The van der Waals surface area contributed by atoms with E-state index in [1.807, 2.05) is 0 Å². The van der Waals surface area contributed by atoms with E-state index in [0.29, 0.717) is 23.1 Å². The van der Waals surface area contributed by atoms with Gasteiger partial charge < -0.3 is 14.6 Å². The van der Waals surface area contributed by atoms with Gasteiger partial charge in [0.05, 0.1) is 11.7 Å². The number of benzene rings is 1. The summed E-state index contributed by atoms with van der Waals surface area (Å²) < 4.78 is 45.9. The van der Waals surface area contributed by atoms with E-state index in [9.17, 15) is 22.8 Å². The summed E-state index contributed by atoms with van der Waals surface area (Å²) in [6.07, 6.45) is -2.12. The molecule has 1 saturated heterocycles. The number of alkyl halides is 3. The van der Waals surface area contributed by atoms with Gasteiger partial charge in [-0.25, -0.2) is 0 Å². The molecule has 1 fully saturated rings. The minimum Gasteiger partial charge on any atom is -0.376 e. The van der Waals surface area contributed by atoms with Crippen LogP contribution in [-0.4, -0.2) is 41.7 Å². The van der Waals surface area contributed by atoms with Gasteiger partial charge in [0.2, 0.25) is 5.91 Å². The lowest BCUT2D eigenvalue weighted by molar-refractivity contribution is -0.122. The number of hydrogen-bond donors (Lipinski definition) is 1. The number of aromatic nitrogens is 1. The number of ether oxygens (including phenoxy) is 1. The number of Topliss-reactive ketones (excluding diaryl/α,β-unsaturated/α-hetero) is 1. The van der Waals surface area contributed by atoms with Crippen molar-refractivity contribution < 1.29 is 27.5 Å². The molecule has 1 amide bonds. The molecular weight excluding hydrogens is 417 g/mol. The molecule has 0 aliphatic carbocycles. The van der Waals surface area contributed by atoms with Gasteiger partial charge in [0.25, 0.3) is 5.78 Å². The predicted octanol–water partition coefficient (Wildman–Crippen LogP) is 3.44. The summed E-state index contributed by atoms with van der Waals surface area (Å²) in [7, 11) is 0. The molecule has 1 aromatic carbocycles. The summed E-state index contributed by atoms with van der Waals surface area (Å²) in [5, 5.41) is 2.86. The number of fused-ring (bicyclic) bond motifs is 1. The van der Waals surface area contributed by atoms with Gasteiger partial charge in [0, 0.05) is 34.7 Å². The summed E-state index contributed by atoms with van der Waals surface area (Å²) in [4.78, 5) is 23.9. The third kappa shape index (κ3) is 4.09. The van der Waals surface area contributed by atoms with Crippen LogP contribution in [0.4, 0.5) is 13.2 Å². The lowest BCUT2D eigenvalue weighted by Crippen LogP contribution is -2.34. The number of halogens is 4. The van der Waals surface area contributed by atoms with Crippen molar-refractivity contribution in [3.8, 4) is 0 Å². The standard InChI is InChI=1S/C17H16BrF3N2O3/c18-10-3-4-14-12(6-10)13(16(25)17(19,20)21)8-23(14)9-15(24)22-7-11-2-1-5-26-11/h3-4,6,8,11H,1-2,5,7,9H2,(H,22,24). The molecule has 1 unspecified atom stereocenters. The Bertz CT molecular complexity index is 842. The van der Waals surface area contributed by atoms with Crippen molar-refractivity contribution in [3.05, 3.63) is 34.4 Å². The van der Waals surface area contributed by atoms with Gasteiger partial charge in [-0.15, -0.1) is 0 Å². The number of carbonyl (C=O) groups excluding carboxylic acids is 2.